The summed E-state index contributed by atoms with van der Waals surface area (Å²) in [5, 5.41) is 11.5. The fourth-order valence-electron chi connectivity index (χ4n) is 3.35. The van der Waals surface area contributed by atoms with Crippen molar-refractivity contribution in [3.63, 3.8) is 0 Å². The molecular weight excluding hydrogens is 394 g/mol. The van der Waals surface area contributed by atoms with E-state index in [2.05, 4.69) is 67.7 Å². The number of hydrogen-bond acceptors (Lipinski definition) is 3. The molecule has 0 radical (unpaired) electrons. The largest absolute Gasteiger partial charge is 0.619 e. The van der Waals surface area contributed by atoms with Crippen molar-refractivity contribution in [3.05, 3.63) is 35.3 Å². The van der Waals surface area contributed by atoms with E-state index in [-0.39, 0.29) is 16.6 Å². The van der Waals surface area contributed by atoms with Crippen molar-refractivity contribution in [1.82, 2.24) is 0 Å². The molecule has 0 spiro atoms. The van der Waals surface area contributed by atoms with E-state index in [1.165, 1.54) is 5.56 Å². The lowest BCUT2D eigenvalue weighted by atomic mass is 9.79. The van der Waals surface area contributed by atoms with Gasteiger partial charge in [-0.05, 0) is 61.5 Å². The van der Waals surface area contributed by atoms with Gasteiger partial charge in [0.15, 0.2) is 29.8 Å². The van der Waals surface area contributed by atoms with Crippen molar-refractivity contribution < 1.29 is 13.6 Å². The summed E-state index contributed by atoms with van der Waals surface area (Å²) in [6.07, 6.45) is 6.50. The Bertz CT molecular complexity index is 604. The molecule has 2 atom stereocenters. The summed E-state index contributed by atoms with van der Waals surface area (Å²) in [6.45, 7) is 23.7. The number of pyridine rings is 1. The van der Waals surface area contributed by atoms with Crippen LogP contribution in [0.25, 0.3) is 0 Å². The Hall–Kier alpha value is -0.696. The van der Waals surface area contributed by atoms with Crippen LogP contribution < -0.4 is 4.73 Å². The normalized spacial score (nSPS) is 15.6. The van der Waals surface area contributed by atoms with Crippen LogP contribution in [-0.4, -0.2) is 30.1 Å². The van der Waals surface area contributed by atoms with Crippen molar-refractivity contribution in [3.8, 4) is 0 Å². The number of nitrogens with zero attached hydrogens (tertiary/aromatic N) is 1. The molecule has 0 aliphatic heterocycles. The number of aryl methyl sites for hydroxylation is 1. The van der Waals surface area contributed by atoms with Crippen LogP contribution in [-0.2, 0) is 15.3 Å². The van der Waals surface area contributed by atoms with Crippen LogP contribution in [0.5, 0.6) is 0 Å². The molecule has 168 valence electrons. The van der Waals surface area contributed by atoms with E-state index in [4.69, 9.17) is 8.85 Å². The van der Waals surface area contributed by atoms with E-state index in [1.807, 2.05) is 12.1 Å². The zero-order chi connectivity index (χ0) is 22.5. The second-order valence-corrected chi connectivity index (χ2v) is 18.4. The van der Waals surface area contributed by atoms with Crippen LogP contribution in [0.15, 0.2) is 24.5 Å². The third-order valence-electron chi connectivity index (χ3n) is 6.08. The highest BCUT2D eigenvalue weighted by atomic mass is 28.4. The van der Waals surface area contributed by atoms with Crippen LogP contribution in [0.1, 0.15) is 59.9 Å². The molecule has 4 nitrogen and oxygen atoms in total. The fourth-order valence-corrected chi connectivity index (χ4v) is 5.63. The Labute approximate surface area is 182 Å². The summed E-state index contributed by atoms with van der Waals surface area (Å²) in [5.41, 5.74) is 1.30. The Balaban J connectivity index is 2.91. The van der Waals surface area contributed by atoms with Crippen LogP contribution in [0.4, 0.5) is 0 Å². The van der Waals surface area contributed by atoms with Crippen molar-refractivity contribution >= 4 is 17.4 Å². The molecule has 6 heteroatoms. The fraction of sp³-hybridized carbons (Fsp3) is 0.783. The molecule has 29 heavy (non-hydrogen) atoms. The number of aromatic nitrogens is 1. The van der Waals surface area contributed by atoms with Gasteiger partial charge >= 0.3 is 0 Å². The average molecular weight is 440 g/mol. The lowest BCUT2D eigenvalue weighted by Gasteiger charge is -2.42. The zero-order valence-corrected chi connectivity index (χ0v) is 22.7. The summed E-state index contributed by atoms with van der Waals surface area (Å²) in [4.78, 5) is 0. The molecule has 0 aliphatic rings. The standard InChI is InChI=1S/C23H45NO3Si2/c1-22(2,3)21(27-28(7)8)20(18-26-29(9,10)23(4,5)6)13-11-12-19-14-16-24(25)17-15-19/h14-17,20-21,28H,11-13,18H2,1-10H3. The average Bonchev–Trinajstić information content (AvgIpc) is 2.55. The van der Waals surface area contributed by atoms with Crippen molar-refractivity contribution in [1.29, 1.82) is 0 Å². The maximum Gasteiger partial charge on any atom is 0.191 e. The summed E-state index contributed by atoms with van der Waals surface area (Å²) >= 11 is 0. The molecule has 1 aromatic heterocycles. The molecule has 0 bridgehead atoms. The van der Waals surface area contributed by atoms with Gasteiger partial charge in [-0.3, -0.25) is 0 Å². The van der Waals surface area contributed by atoms with E-state index in [0.29, 0.717) is 5.92 Å². The highest BCUT2D eigenvalue weighted by Crippen LogP contribution is 2.38. The second-order valence-electron chi connectivity index (χ2n) is 11.3. The molecule has 1 rings (SSSR count). The first kappa shape index (κ1) is 26.3. The molecule has 0 amide bonds. The third kappa shape index (κ3) is 8.91. The molecule has 0 fully saturated rings. The summed E-state index contributed by atoms with van der Waals surface area (Å²) in [7, 11) is -2.97. The van der Waals surface area contributed by atoms with Gasteiger partial charge in [0.1, 0.15) is 0 Å². The first-order chi connectivity index (χ1) is 13.1. The Morgan fingerprint density at radius 1 is 1.07 bits per heavy atom. The molecule has 0 N–H and O–H groups in total. The molecule has 1 heterocycles. The smallest absolute Gasteiger partial charge is 0.191 e. The van der Waals surface area contributed by atoms with E-state index >= 15 is 0 Å². The van der Waals surface area contributed by atoms with Gasteiger partial charge < -0.3 is 14.1 Å². The minimum atomic E-state index is -1.80. The first-order valence-corrected chi connectivity index (χ1v) is 16.8. The highest BCUT2D eigenvalue weighted by molar-refractivity contribution is 6.74. The minimum absolute atomic E-state index is 0.0829. The molecule has 2 unspecified atom stereocenters. The van der Waals surface area contributed by atoms with Gasteiger partial charge in [0.2, 0.25) is 0 Å². The van der Waals surface area contributed by atoms with Gasteiger partial charge in [-0.25, -0.2) is 0 Å². The molecule has 1 aromatic rings. The zero-order valence-electron chi connectivity index (χ0n) is 20.5. The van der Waals surface area contributed by atoms with Crippen molar-refractivity contribution in [2.75, 3.05) is 6.61 Å². The molecule has 0 aromatic carbocycles. The summed E-state index contributed by atoms with van der Waals surface area (Å²) < 4.78 is 14.1. The van der Waals surface area contributed by atoms with Crippen molar-refractivity contribution in [2.45, 2.75) is 98.1 Å². The molecular formula is C23H45NO3Si2. The number of hydrogen-bond donors (Lipinski definition) is 0. The molecule has 0 saturated carbocycles. The Morgan fingerprint density at radius 2 is 1.62 bits per heavy atom. The minimum Gasteiger partial charge on any atom is -0.619 e. The van der Waals surface area contributed by atoms with Crippen molar-refractivity contribution in [2.24, 2.45) is 11.3 Å². The Morgan fingerprint density at radius 3 is 2.07 bits per heavy atom. The predicted octanol–water partition coefficient (Wildman–Crippen LogP) is 5.70. The lowest BCUT2D eigenvalue weighted by molar-refractivity contribution is -0.605. The second kappa shape index (κ2) is 10.6. The SMILES string of the molecule is C[SiH](C)OC(C(CCCc1cc[n+]([O-])cc1)CO[Si](C)(C)C(C)(C)C)C(C)(C)C. The maximum atomic E-state index is 11.3. The van der Waals surface area contributed by atoms with E-state index in [1.54, 1.807) is 12.4 Å². The maximum absolute atomic E-state index is 11.3. The van der Waals surface area contributed by atoms with E-state index in [0.717, 1.165) is 30.6 Å². The highest BCUT2D eigenvalue weighted by Gasteiger charge is 2.40. The Kier molecular flexibility index (Phi) is 9.59. The van der Waals surface area contributed by atoms with Gasteiger partial charge in [-0.1, -0.05) is 41.5 Å². The van der Waals surface area contributed by atoms with Crippen LogP contribution in [0.3, 0.4) is 0 Å². The van der Waals surface area contributed by atoms with E-state index < -0.39 is 17.4 Å². The molecule has 0 saturated heterocycles. The third-order valence-corrected chi connectivity index (χ3v) is 11.4. The van der Waals surface area contributed by atoms with Gasteiger partial charge in [0.25, 0.3) is 0 Å². The topological polar surface area (TPSA) is 45.4 Å². The van der Waals surface area contributed by atoms with E-state index in [9.17, 15) is 5.21 Å². The van der Waals surface area contributed by atoms with Crippen LogP contribution >= 0.6 is 0 Å². The summed E-state index contributed by atoms with van der Waals surface area (Å²) in [5.74, 6) is 0.382. The van der Waals surface area contributed by atoms with Crippen LogP contribution in [0, 0.1) is 16.5 Å². The number of rotatable bonds is 10. The summed E-state index contributed by atoms with van der Waals surface area (Å²) in [6, 6.07) is 3.85. The predicted molar refractivity (Wildman–Crippen MR) is 128 cm³/mol. The van der Waals surface area contributed by atoms with Gasteiger partial charge in [0, 0.05) is 24.7 Å². The van der Waals surface area contributed by atoms with Gasteiger partial charge in [0.05, 0.1) is 6.10 Å². The quantitative estimate of drug-likeness (QED) is 0.267. The lowest BCUT2D eigenvalue weighted by Crippen LogP contribution is -2.46. The monoisotopic (exact) mass is 439 g/mol. The first-order valence-electron chi connectivity index (χ1n) is 11.1. The van der Waals surface area contributed by atoms with Gasteiger partial charge in [-0.2, -0.15) is 4.73 Å². The molecule has 0 aliphatic carbocycles. The van der Waals surface area contributed by atoms with Crippen LogP contribution in [0.2, 0.25) is 31.2 Å². The van der Waals surface area contributed by atoms with Gasteiger partial charge in [-0.15, -0.1) is 0 Å².